The zero-order valence-corrected chi connectivity index (χ0v) is 12.0. The predicted molar refractivity (Wildman–Crippen MR) is 77.3 cm³/mol. The molecule has 0 radical (unpaired) electrons. The van der Waals surface area contributed by atoms with E-state index in [0.717, 1.165) is 18.8 Å². The molecule has 2 heterocycles. The van der Waals surface area contributed by atoms with Crippen LogP contribution in [0.4, 0.5) is 5.69 Å². The minimum absolute atomic E-state index is 0.201. The van der Waals surface area contributed by atoms with Gasteiger partial charge < -0.3 is 14.4 Å². The molecule has 0 N–H and O–H groups in total. The first-order valence-corrected chi connectivity index (χ1v) is 6.94. The van der Waals surface area contributed by atoms with E-state index in [-0.39, 0.29) is 12.1 Å². The Labute approximate surface area is 122 Å². The Hall–Kier alpha value is -2.15. The molecule has 2 rings (SSSR count). The van der Waals surface area contributed by atoms with Crippen LogP contribution in [0.15, 0.2) is 29.2 Å². The number of morpholine rings is 1. The van der Waals surface area contributed by atoms with Crippen LogP contribution in [0.1, 0.15) is 6.92 Å². The van der Waals surface area contributed by atoms with Gasteiger partial charge in [-0.15, -0.1) is 0 Å². The van der Waals surface area contributed by atoms with Crippen molar-refractivity contribution in [3.63, 3.8) is 0 Å². The lowest BCUT2D eigenvalue weighted by Gasteiger charge is -2.28. The fourth-order valence-electron chi connectivity index (χ4n) is 1.99. The quantitative estimate of drug-likeness (QED) is 0.570. The molecule has 1 aliphatic heterocycles. The molecule has 7 nitrogen and oxygen atoms in total. The summed E-state index contributed by atoms with van der Waals surface area (Å²) in [5, 5.41) is 4.11. The summed E-state index contributed by atoms with van der Waals surface area (Å²) in [6, 6.07) is 1.55. The maximum absolute atomic E-state index is 12.0. The maximum Gasteiger partial charge on any atom is 0.330 e. The van der Waals surface area contributed by atoms with Gasteiger partial charge in [-0.05, 0) is 6.92 Å². The summed E-state index contributed by atoms with van der Waals surface area (Å²) >= 11 is 0. The van der Waals surface area contributed by atoms with E-state index in [1.807, 2.05) is 0 Å². The number of hydrogen-bond donors (Lipinski definition) is 0. The van der Waals surface area contributed by atoms with Gasteiger partial charge in [0.15, 0.2) is 0 Å². The number of anilines is 1. The van der Waals surface area contributed by atoms with Crippen molar-refractivity contribution in [3.8, 4) is 0 Å². The Morgan fingerprint density at radius 2 is 2.24 bits per heavy atom. The Balaban J connectivity index is 1.99. The van der Waals surface area contributed by atoms with Gasteiger partial charge in [-0.1, -0.05) is 6.08 Å². The van der Waals surface area contributed by atoms with Crippen LogP contribution in [0, 0.1) is 0 Å². The second-order valence-electron chi connectivity index (χ2n) is 4.49. The standard InChI is InChI=1S/C14H19N3O4/c1-2-21-14(19)4-3-5-17-13(18)10-12(11-15-17)16-6-8-20-9-7-16/h3-4,10-11H,2,5-9H2,1H3/b4-3+. The Bertz CT molecular complexity index is 562. The molecule has 0 aromatic carbocycles. The second-order valence-corrected chi connectivity index (χ2v) is 4.49. The van der Waals surface area contributed by atoms with Crippen molar-refractivity contribution in [1.29, 1.82) is 0 Å². The molecule has 0 spiro atoms. The van der Waals surface area contributed by atoms with Crippen LogP contribution < -0.4 is 10.5 Å². The maximum atomic E-state index is 12.0. The van der Waals surface area contributed by atoms with Gasteiger partial charge in [0.2, 0.25) is 0 Å². The molecular weight excluding hydrogens is 274 g/mol. The van der Waals surface area contributed by atoms with Gasteiger partial charge in [0.1, 0.15) is 0 Å². The van der Waals surface area contributed by atoms with Gasteiger partial charge >= 0.3 is 5.97 Å². The van der Waals surface area contributed by atoms with Gasteiger partial charge in [0.05, 0.1) is 38.2 Å². The van der Waals surface area contributed by atoms with Crippen molar-refractivity contribution in [2.45, 2.75) is 13.5 Å². The van der Waals surface area contributed by atoms with Crippen molar-refractivity contribution in [1.82, 2.24) is 9.78 Å². The fraction of sp³-hybridized carbons (Fsp3) is 0.500. The van der Waals surface area contributed by atoms with Crippen molar-refractivity contribution < 1.29 is 14.3 Å². The number of hydrogen-bond acceptors (Lipinski definition) is 6. The third-order valence-corrected chi connectivity index (χ3v) is 3.05. The number of aromatic nitrogens is 2. The first-order chi connectivity index (χ1) is 10.2. The molecule has 0 atom stereocenters. The topological polar surface area (TPSA) is 73.7 Å². The Morgan fingerprint density at radius 1 is 1.48 bits per heavy atom. The molecular formula is C14H19N3O4. The summed E-state index contributed by atoms with van der Waals surface area (Å²) in [4.78, 5) is 25.2. The van der Waals surface area contributed by atoms with Crippen LogP contribution in [-0.2, 0) is 20.8 Å². The van der Waals surface area contributed by atoms with E-state index in [1.165, 1.54) is 10.8 Å². The molecule has 1 aromatic heterocycles. The lowest BCUT2D eigenvalue weighted by molar-refractivity contribution is -0.137. The predicted octanol–water partition coefficient (Wildman–Crippen LogP) is 0.199. The fourth-order valence-corrected chi connectivity index (χ4v) is 1.99. The third kappa shape index (κ3) is 4.42. The number of esters is 1. The Kier molecular flexibility index (Phi) is 5.51. The highest BCUT2D eigenvalue weighted by atomic mass is 16.5. The minimum atomic E-state index is -0.421. The van der Waals surface area contributed by atoms with Crippen molar-refractivity contribution >= 4 is 11.7 Å². The van der Waals surface area contributed by atoms with Crippen LogP contribution in [-0.4, -0.2) is 48.7 Å². The molecule has 1 fully saturated rings. The van der Waals surface area contributed by atoms with Crippen LogP contribution in [0.25, 0.3) is 0 Å². The van der Waals surface area contributed by atoms with E-state index in [0.29, 0.717) is 19.8 Å². The largest absolute Gasteiger partial charge is 0.463 e. The number of allylic oxidation sites excluding steroid dienone is 1. The normalized spacial score (nSPS) is 15.4. The molecule has 1 aromatic rings. The lowest BCUT2D eigenvalue weighted by Crippen LogP contribution is -2.37. The SMILES string of the molecule is CCOC(=O)/C=C/Cn1ncc(N2CCOCC2)cc1=O. The minimum Gasteiger partial charge on any atom is -0.463 e. The lowest BCUT2D eigenvalue weighted by atomic mass is 10.3. The van der Waals surface area contributed by atoms with Crippen LogP contribution in [0.2, 0.25) is 0 Å². The van der Waals surface area contributed by atoms with Gasteiger partial charge in [0, 0.05) is 25.2 Å². The van der Waals surface area contributed by atoms with Crippen molar-refractivity contribution in [3.05, 3.63) is 34.8 Å². The molecule has 0 aliphatic carbocycles. The van der Waals surface area contributed by atoms with Crippen molar-refractivity contribution in [2.24, 2.45) is 0 Å². The van der Waals surface area contributed by atoms with E-state index in [9.17, 15) is 9.59 Å². The number of rotatable bonds is 5. The van der Waals surface area contributed by atoms with E-state index >= 15 is 0 Å². The number of carbonyl (C=O) groups excluding carboxylic acids is 1. The summed E-state index contributed by atoms with van der Waals surface area (Å²) in [5.74, 6) is -0.421. The summed E-state index contributed by atoms with van der Waals surface area (Å²) in [6.07, 6.45) is 4.51. The van der Waals surface area contributed by atoms with E-state index in [1.54, 1.807) is 25.3 Å². The molecule has 1 saturated heterocycles. The number of carbonyl (C=O) groups is 1. The second kappa shape index (κ2) is 7.58. The summed E-state index contributed by atoms with van der Waals surface area (Å²) in [5.41, 5.74) is 0.599. The first-order valence-electron chi connectivity index (χ1n) is 6.94. The summed E-state index contributed by atoms with van der Waals surface area (Å²) in [7, 11) is 0. The molecule has 114 valence electrons. The van der Waals surface area contributed by atoms with E-state index < -0.39 is 5.97 Å². The average Bonchev–Trinajstić information content (AvgIpc) is 2.50. The Morgan fingerprint density at radius 3 is 2.90 bits per heavy atom. The first kappa shape index (κ1) is 15.2. The molecule has 1 aliphatic rings. The zero-order valence-electron chi connectivity index (χ0n) is 12.0. The highest BCUT2D eigenvalue weighted by Crippen LogP contribution is 2.11. The molecule has 0 unspecified atom stereocenters. The zero-order chi connectivity index (χ0) is 15.1. The highest BCUT2D eigenvalue weighted by molar-refractivity contribution is 5.81. The molecule has 0 amide bonds. The number of nitrogens with zero attached hydrogens (tertiary/aromatic N) is 3. The monoisotopic (exact) mass is 293 g/mol. The van der Waals surface area contributed by atoms with Crippen LogP contribution in [0.3, 0.4) is 0 Å². The summed E-state index contributed by atoms with van der Waals surface area (Å²) < 4.78 is 11.3. The molecule has 7 heteroatoms. The van der Waals surface area contributed by atoms with Crippen LogP contribution in [0.5, 0.6) is 0 Å². The molecule has 21 heavy (non-hydrogen) atoms. The smallest absolute Gasteiger partial charge is 0.330 e. The highest BCUT2D eigenvalue weighted by Gasteiger charge is 2.12. The van der Waals surface area contributed by atoms with Gasteiger partial charge in [-0.25, -0.2) is 9.48 Å². The van der Waals surface area contributed by atoms with E-state index in [4.69, 9.17) is 9.47 Å². The summed E-state index contributed by atoms with van der Waals surface area (Å²) in [6.45, 7) is 5.14. The van der Waals surface area contributed by atoms with Gasteiger partial charge in [0.25, 0.3) is 5.56 Å². The van der Waals surface area contributed by atoms with Gasteiger partial charge in [-0.2, -0.15) is 5.10 Å². The average molecular weight is 293 g/mol. The van der Waals surface area contributed by atoms with E-state index in [2.05, 4.69) is 10.00 Å². The van der Waals surface area contributed by atoms with Crippen molar-refractivity contribution in [2.75, 3.05) is 37.8 Å². The van der Waals surface area contributed by atoms with Crippen LogP contribution >= 0.6 is 0 Å². The third-order valence-electron chi connectivity index (χ3n) is 3.05. The molecule has 0 bridgehead atoms. The number of ether oxygens (including phenoxy) is 2. The van der Waals surface area contributed by atoms with Gasteiger partial charge in [-0.3, -0.25) is 4.79 Å². The molecule has 0 saturated carbocycles.